The maximum absolute atomic E-state index is 12.2. The van der Waals surface area contributed by atoms with Gasteiger partial charge in [0.1, 0.15) is 6.54 Å². The first-order valence-corrected chi connectivity index (χ1v) is 10.2. The van der Waals surface area contributed by atoms with E-state index in [1.165, 1.54) is 4.31 Å². The minimum atomic E-state index is -3.40. The van der Waals surface area contributed by atoms with Crippen molar-refractivity contribution in [2.24, 2.45) is 0 Å². The van der Waals surface area contributed by atoms with Crippen LogP contribution in [0.1, 0.15) is 40.0 Å². The van der Waals surface area contributed by atoms with Crippen LogP contribution in [0.25, 0.3) is 0 Å². The van der Waals surface area contributed by atoms with Crippen LogP contribution in [0, 0.1) is 0 Å². The highest BCUT2D eigenvalue weighted by molar-refractivity contribution is 7.89. The lowest BCUT2D eigenvalue weighted by molar-refractivity contribution is -0.121. The third-order valence-electron chi connectivity index (χ3n) is 4.57. The van der Waals surface area contributed by atoms with Gasteiger partial charge in [-0.05, 0) is 25.0 Å². The summed E-state index contributed by atoms with van der Waals surface area (Å²) >= 11 is 0. The molecule has 2 aliphatic heterocycles. The molecule has 0 aliphatic carbocycles. The summed E-state index contributed by atoms with van der Waals surface area (Å²) in [6, 6.07) is 6.38. The number of rotatable bonds is 6. The zero-order valence-corrected chi connectivity index (χ0v) is 15.1. The predicted octanol–water partition coefficient (Wildman–Crippen LogP) is 0.215. The average molecular weight is 379 g/mol. The van der Waals surface area contributed by atoms with E-state index in [0.29, 0.717) is 13.1 Å². The zero-order valence-electron chi connectivity index (χ0n) is 14.3. The molecule has 1 N–H and O–H groups in total. The maximum Gasteiger partial charge on any atom is 0.262 e. The van der Waals surface area contributed by atoms with E-state index in [1.54, 1.807) is 24.3 Å². The lowest BCUT2D eigenvalue weighted by atomic mass is 10.1. The Morgan fingerprint density at radius 1 is 1.00 bits per heavy atom. The number of sulfonamides is 1. The molecule has 26 heavy (non-hydrogen) atoms. The van der Waals surface area contributed by atoms with Crippen LogP contribution in [-0.4, -0.2) is 67.3 Å². The Morgan fingerprint density at radius 2 is 1.58 bits per heavy atom. The van der Waals surface area contributed by atoms with Crippen molar-refractivity contribution in [3.63, 3.8) is 0 Å². The first-order chi connectivity index (χ1) is 12.4. The molecular weight excluding hydrogens is 358 g/mol. The molecule has 9 heteroatoms. The number of nitrogens with one attached hydrogen (secondary N) is 1. The predicted molar refractivity (Wildman–Crippen MR) is 94.0 cm³/mol. The Kier molecular flexibility index (Phi) is 5.38. The monoisotopic (exact) mass is 379 g/mol. The molecule has 0 spiro atoms. The number of hydrogen-bond donors (Lipinski definition) is 1. The molecule has 0 bridgehead atoms. The Labute approximate surface area is 152 Å². The molecule has 0 unspecified atom stereocenters. The molecular formula is C17H21N3O5S. The summed E-state index contributed by atoms with van der Waals surface area (Å²) in [6.07, 6.45) is 2.74. The fraction of sp³-hybridized carbons (Fsp3) is 0.471. The Balaban J connectivity index is 1.51. The van der Waals surface area contributed by atoms with Crippen molar-refractivity contribution in [2.75, 3.05) is 31.9 Å². The van der Waals surface area contributed by atoms with Crippen LogP contribution in [0.3, 0.4) is 0 Å². The third-order valence-corrected chi connectivity index (χ3v) is 6.44. The number of benzene rings is 1. The summed E-state index contributed by atoms with van der Waals surface area (Å²) in [5, 5.41) is 2.48. The minimum absolute atomic E-state index is 0.0547. The molecule has 3 amide bonds. The minimum Gasteiger partial charge on any atom is -0.353 e. The van der Waals surface area contributed by atoms with E-state index in [9.17, 15) is 22.8 Å². The number of hydrogen-bond acceptors (Lipinski definition) is 5. The second-order valence-electron chi connectivity index (χ2n) is 6.37. The van der Waals surface area contributed by atoms with Gasteiger partial charge < -0.3 is 5.32 Å². The number of carbonyl (C=O) groups is 3. The first kappa shape index (κ1) is 18.5. The number of imide groups is 1. The summed E-state index contributed by atoms with van der Waals surface area (Å²) in [5.74, 6) is -1.78. The first-order valence-electron chi connectivity index (χ1n) is 8.60. The van der Waals surface area contributed by atoms with Crippen molar-refractivity contribution in [2.45, 2.75) is 19.3 Å². The topological polar surface area (TPSA) is 104 Å². The van der Waals surface area contributed by atoms with Gasteiger partial charge in [0.2, 0.25) is 15.9 Å². The quantitative estimate of drug-likeness (QED) is 0.712. The Morgan fingerprint density at radius 3 is 2.15 bits per heavy atom. The molecule has 2 aliphatic rings. The lowest BCUT2D eigenvalue weighted by Gasteiger charge is -2.25. The van der Waals surface area contributed by atoms with Crippen molar-refractivity contribution >= 4 is 27.7 Å². The van der Waals surface area contributed by atoms with Gasteiger partial charge in [0, 0.05) is 19.6 Å². The van der Waals surface area contributed by atoms with Gasteiger partial charge in [0.25, 0.3) is 11.8 Å². The largest absolute Gasteiger partial charge is 0.353 e. The van der Waals surface area contributed by atoms with E-state index < -0.39 is 34.3 Å². The second-order valence-corrected chi connectivity index (χ2v) is 8.46. The number of nitrogens with zero attached hydrogens (tertiary/aromatic N) is 2. The van der Waals surface area contributed by atoms with Crippen LogP contribution in [0.5, 0.6) is 0 Å². The second kappa shape index (κ2) is 7.55. The number of amides is 3. The van der Waals surface area contributed by atoms with Crippen molar-refractivity contribution in [3.8, 4) is 0 Å². The molecule has 1 saturated heterocycles. The molecule has 1 aromatic carbocycles. The zero-order chi connectivity index (χ0) is 18.7. The van der Waals surface area contributed by atoms with Gasteiger partial charge in [0.15, 0.2) is 0 Å². The van der Waals surface area contributed by atoms with Gasteiger partial charge in [-0.15, -0.1) is 0 Å². The SMILES string of the molecule is O=C(CN1C(=O)c2ccccc2C1=O)NCCS(=O)(=O)N1CCCCC1. The molecule has 0 radical (unpaired) electrons. The van der Waals surface area contributed by atoms with Gasteiger partial charge in [-0.25, -0.2) is 12.7 Å². The van der Waals surface area contributed by atoms with Gasteiger partial charge in [-0.3, -0.25) is 19.3 Å². The van der Waals surface area contributed by atoms with Gasteiger partial charge in [-0.2, -0.15) is 0 Å². The van der Waals surface area contributed by atoms with Crippen LogP contribution in [0.2, 0.25) is 0 Å². The molecule has 3 rings (SSSR count). The standard InChI is InChI=1S/C17H21N3O5S/c21-15(18-8-11-26(24,25)19-9-4-1-5-10-19)12-20-16(22)13-6-2-3-7-14(13)17(20)23/h2-3,6-7H,1,4-5,8-12H2,(H,18,21). The molecule has 2 heterocycles. The molecule has 1 aromatic rings. The van der Waals surface area contributed by atoms with E-state index in [-0.39, 0.29) is 23.4 Å². The molecule has 1 fully saturated rings. The highest BCUT2D eigenvalue weighted by atomic mass is 32.2. The number of carbonyl (C=O) groups excluding carboxylic acids is 3. The van der Waals surface area contributed by atoms with Crippen LogP contribution >= 0.6 is 0 Å². The van der Waals surface area contributed by atoms with Crippen molar-refractivity contribution in [3.05, 3.63) is 35.4 Å². The lowest BCUT2D eigenvalue weighted by Crippen LogP contribution is -2.43. The highest BCUT2D eigenvalue weighted by Gasteiger charge is 2.36. The number of fused-ring (bicyclic) bond motifs is 1. The van der Waals surface area contributed by atoms with E-state index in [0.717, 1.165) is 24.2 Å². The highest BCUT2D eigenvalue weighted by Crippen LogP contribution is 2.21. The van der Waals surface area contributed by atoms with Gasteiger partial charge in [0.05, 0.1) is 16.9 Å². The maximum atomic E-state index is 12.2. The van der Waals surface area contributed by atoms with E-state index >= 15 is 0 Å². The average Bonchev–Trinajstić information content (AvgIpc) is 2.88. The normalized spacial score (nSPS) is 18.1. The summed E-state index contributed by atoms with van der Waals surface area (Å²) in [6.45, 7) is 0.563. The van der Waals surface area contributed by atoms with E-state index in [2.05, 4.69) is 5.32 Å². The molecule has 8 nitrogen and oxygen atoms in total. The van der Waals surface area contributed by atoms with Crippen LogP contribution in [-0.2, 0) is 14.8 Å². The smallest absolute Gasteiger partial charge is 0.262 e. The van der Waals surface area contributed by atoms with Gasteiger partial charge in [-0.1, -0.05) is 18.6 Å². The molecule has 140 valence electrons. The Hall–Kier alpha value is -2.26. The number of piperidine rings is 1. The molecule has 0 aromatic heterocycles. The van der Waals surface area contributed by atoms with Crippen molar-refractivity contribution in [1.82, 2.24) is 14.5 Å². The fourth-order valence-corrected chi connectivity index (χ4v) is 4.61. The van der Waals surface area contributed by atoms with Crippen molar-refractivity contribution in [1.29, 1.82) is 0 Å². The fourth-order valence-electron chi connectivity index (χ4n) is 3.17. The van der Waals surface area contributed by atoms with E-state index in [1.807, 2.05) is 0 Å². The molecule has 0 saturated carbocycles. The third kappa shape index (κ3) is 3.78. The molecule has 0 atom stereocenters. The van der Waals surface area contributed by atoms with Crippen LogP contribution in [0.15, 0.2) is 24.3 Å². The van der Waals surface area contributed by atoms with Gasteiger partial charge >= 0.3 is 0 Å². The summed E-state index contributed by atoms with van der Waals surface area (Å²) in [7, 11) is -3.40. The van der Waals surface area contributed by atoms with E-state index in [4.69, 9.17) is 0 Å². The summed E-state index contributed by atoms with van der Waals surface area (Å²) in [5.41, 5.74) is 0.552. The Bertz CT molecular complexity index is 796. The van der Waals surface area contributed by atoms with Crippen LogP contribution in [0.4, 0.5) is 0 Å². The van der Waals surface area contributed by atoms with Crippen LogP contribution < -0.4 is 5.32 Å². The summed E-state index contributed by atoms with van der Waals surface area (Å²) < 4.78 is 25.9. The summed E-state index contributed by atoms with van der Waals surface area (Å²) in [4.78, 5) is 37.3. The van der Waals surface area contributed by atoms with Crippen molar-refractivity contribution < 1.29 is 22.8 Å².